The van der Waals surface area contributed by atoms with Gasteiger partial charge in [-0.25, -0.2) is 0 Å². The average Bonchev–Trinajstić information content (AvgIpc) is 3.62. The fourth-order valence-electron chi connectivity index (χ4n) is 3.65. The van der Waals surface area contributed by atoms with Crippen LogP contribution in [0.15, 0.2) is 106 Å². The summed E-state index contributed by atoms with van der Waals surface area (Å²) in [5.74, 6) is -0.605. The van der Waals surface area contributed by atoms with Gasteiger partial charge in [-0.15, -0.1) is 0 Å². The zero-order valence-electron chi connectivity index (χ0n) is 18.9. The Bertz CT molecular complexity index is 1220. The van der Waals surface area contributed by atoms with Crippen molar-refractivity contribution in [2.45, 2.75) is 19.1 Å². The molecule has 2 N–H and O–H groups in total. The van der Waals surface area contributed by atoms with Gasteiger partial charge in [0, 0.05) is 6.54 Å². The Kier molecular flexibility index (Phi) is 7.75. The summed E-state index contributed by atoms with van der Waals surface area (Å²) in [6.45, 7) is 0.0446. The Morgan fingerprint density at radius 1 is 0.771 bits per heavy atom. The Morgan fingerprint density at radius 3 is 2.11 bits per heavy atom. The van der Waals surface area contributed by atoms with Crippen molar-refractivity contribution < 1.29 is 23.2 Å². The van der Waals surface area contributed by atoms with Gasteiger partial charge >= 0.3 is 0 Å². The van der Waals surface area contributed by atoms with E-state index in [1.54, 1.807) is 30.3 Å². The number of carbonyl (C=O) groups excluding carboxylic acids is 3. The first-order valence-electron chi connectivity index (χ1n) is 11.1. The van der Waals surface area contributed by atoms with Crippen LogP contribution in [0.4, 0.5) is 0 Å². The molecule has 0 radical (unpaired) electrons. The second-order valence-corrected chi connectivity index (χ2v) is 7.78. The van der Waals surface area contributed by atoms with Crippen molar-refractivity contribution in [1.29, 1.82) is 0 Å². The lowest BCUT2D eigenvalue weighted by atomic mass is 10.0. The minimum absolute atomic E-state index is 0.100. The van der Waals surface area contributed by atoms with Crippen molar-refractivity contribution in [3.05, 3.63) is 120 Å². The minimum Gasteiger partial charge on any atom is -0.467 e. The van der Waals surface area contributed by atoms with Crippen molar-refractivity contribution in [3.8, 4) is 0 Å². The molecule has 178 valence electrons. The van der Waals surface area contributed by atoms with Crippen LogP contribution in [-0.2, 0) is 22.7 Å². The molecule has 0 fully saturated rings. The molecule has 0 aliphatic rings. The summed E-state index contributed by atoms with van der Waals surface area (Å²) in [5.41, 5.74) is 1.49. The molecule has 0 saturated carbocycles. The number of rotatable bonds is 10. The van der Waals surface area contributed by atoms with Crippen LogP contribution < -0.4 is 10.6 Å². The molecule has 4 aromatic rings. The zero-order valence-corrected chi connectivity index (χ0v) is 18.9. The average molecular weight is 472 g/mol. The minimum atomic E-state index is -0.931. The van der Waals surface area contributed by atoms with Gasteiger partial charge in [0.2, 0.25) is 11.8 Å². The Labute approximate surface area is 202 Å². The van der Waals surface area contributed by atoms with Gasteiger partial charge in [-0.2, -0.15) is 0 Å². The smallest absolute Gasteiger partial charge is 0.287 e. The largest absolute Gasteiger partial charge is 0.467 e. The summed E-state index contributed by atoms with van der Waals surface area (Å²) >= 11 is 0. The molecule has 0 unspecified atom stereocenters. The summed E-state index contributed by atoms with van der Waals surface area (Å²) in [5, 5.41) is 5.44. The maximum absolute atomic E-state index is 13.5. The van der Waals surface area contributed by atoms with Gasteiger partial charge in [0.15, 0.2) is 5.76 Å². The molecule has 8 nitrogen and oxygen atoms in total. The van der Waals surface area contributed by atoms with E-state index < -0.39 is 17.9 Å². The molecule has 2 heterocycles. The third kappa shape index (κ3) is 6.26. The van der Waals surface area contributed by atoms with Gasteiger partial charge in [0.25, 0.3) is 5.91 Å². The molecule has 8 heteroatoms. The quantitative estimate of drug-likeness (QED) is 0.367. The van der Waals surface area contributed by atoms with Gasteiger partial charge < -0.3 is 24.4 Å². The molecule has 2 aromatic carbocycles. The number of carbonyl (C=O) groups is 3. The van der Waals surface area contributed by atoms with Crippen molar-refractivity contribution in [3.63, 3.8) is 0 Å². The Morgan fingerprint density at radius 2 is 1.46 bits per heavy atom. The number of hydrogen-bond donors (Lipinski definition) is 2. The molecule has 1 atom stereocenters. The maximum atomic E-state index is 13.5. The Balaban J connectivity index is 1.60. The molecular formula is C27H25N3O5. The van der Waals surface area contributed by atoms with E-state index in [0.29, 0.717) is 11.3 Å². The van der Waals surface area contributed by atoms with E-state index in [4.69, 9.17) is 8.83 Å². The lowest BCUT2D eigenvalue weighted by molar-refractivity contribution is -0.141. The highest BCUT2D eigenvalue weighted by Crippen LogP contribution is 2.24. The predicted octanol–water partition coefficient (Wildman–Crippen LogP) is 3.69. The highest BCUT2D eigenvalue weighted by molar-refractivity contribution is 5.95. The van der Waals surface area contributed by atoms with Crippen LogP contribution in [0.1, 0.15) is 33.5 Å². The van der Waals surface area contributed by atoms with Crippen LogP contribution in [0.5, 0.6) is 0 Å². The van der Waals surface area contributed by atoms with E-state index in [0.717, 1.165) is 5.56 Å². The van der Waals surface area contributed by atoms with Crippen molar-refractivity contribution in [2.75, 3.05) is 6.54 Å². The van der Waals surface area contributed by atoms with Crippen LogP contribution in [0, 0.1) is 0 Å². The van der Waals surface area contributed by atoms with Crippen LogP contribution >= 0.6 is 0 Å². The fraction of sp³-hybridized carbons (Fsp3) is 0.148. The summed E-state index contributed by atoms with van der Waals surface area (Å²) in [7, 11) is 0. The van der Waals surface area contributed by atoms with E-state index >= 15 is 0 Å². The molecule has 0 aliphatic carbocycles. The van der Waals surface area contributed by atoms with Crippen molar-refractivity contribution in [1.82, 2.24) is 15.5 Å². The third-order valence-corrected chi connectivity index (χ3v) is 5.35. The third-order valence-electron chi connectivity index (χ3n) is 5.35. The second-order valence-electron chi connectivity index (χ2n) is 7.78. The first kappa shape index (κ1) is 23.6. The molecular weight excluding hydrogens is 446 g/mol. The lowest BCUT2D eigenvalue weighted by Gasteiger charge is -2.31. The van der Waals surface area contributed by atoms with Crippen LogP contribution in [0.2, 0.25) is 0 Å². The summed E-state index contributed by atoms with van der Waals surface area (Å²) in [6, 6.07) is 24.1. The fourth-order valence-corrected chi connectivity index (χ4v) is 3.65. The molecule has 0 spiro atoms. The highest BCUT2D eigenvalue weighted by Gasteiger charge is 2.31. The Hall–Kier alpha value is -4.59. The van der Waals surface area contributed by atoms with E-state index in [1.807, 2.05) is 48.5 Å². The topological polar surface area (TPSA) is 105 Å². The van der Waals surface area contributed by atoms with Crippen LogP contribution in [0.25, 0.3) is 0 Å². The molecule has 35 heavy (non-hydrogen) atoms. The first-order valence-corrected chi connectivity index (χ1v) is 11.1. The standard InChI is InChI=1S/C27H25N3O5/c31-24(18-29-26(32)23-14-8-16-35-23)30(19-20-9-3-1-4-10-20)25(21-11-5-2-6-12-21)27(33)28-17-22-13-7-15-34-22/h1-16,25H,17-19H2,(H,28,33)(H,29,32)/t25-/m1/s1. The number of amides is 3. The van der Waals surface area contributed by atoms with E-state index in [-0.39, 0.29) is 31.3 Å². The maximum Gasteiger partial charge on any atom is 0.287 e. The number of nitrogens with zero attached hydrogens (tertiary/aromatic N) is 1. The molecule has 4 rings (SSSR count). The SMILES string of the molecule is O=C(NCC(=O)N(Cc1ccccc1)[C@@H](C(=O)NCc1ccco1)c1ccccc1)c1ccco1. The molecule has 3 amide bonds. The molecule has 0 bridgehead atoms. The van der Waals surface area contributed by atoms with Crippen molar-refractivity contribution in [2.24, 2.45) is 0 Å². The number of hydrogen-bond acceptors (Lipinski definition) is 5. The highest BCUT2D eigenvalue weighted by atomic mass is 16.3. The van der Waals surface area contributed by atoms with Gasteiger partial charge in [0.05, 0.1) is 25.6 Å². The van der Waals surface area contributed by atoms with E-state index in [2.05, 4.69) is 10.6 Å². The van der Waals surface area contributed by atoms with Gasteiger partial charge in [-0.1, -0.05) is 60.7 Å². The van der Waals surface area contributed by atoms with Crippen LogP contribution in [0.3, 0.4) is 0 Å². The molecule has 0 saturated heterocycles. The van der Waals surface area contributed by atoms with E-state index in [1.165, 1.54) is 23.5 Å². The molecule has 0 aliphatic heterocycles. The van der Waals surface area contributed by atoms with Crippen molar-refractivity contribution >= 4 is 17.7 Å². The van der Waals surface area contributed by atoms with Gasteiger partial charge in [-0.3, -0.25) is 14.4 Å². The number of nitrogens with one attached hydrogen (secondary N) is 2. The second kappa shape index (κ2) is 11.5. The zero-order chi connectivity index (χ0) is 24.5. The first-order chi connectivity index (χ1) is 17.1. The summed E-state index contributed by atoms with van der Waals surface area (Å²) in [6.07, 6.45) is 2.91. The predicted molar refractivity (Wildman–Crippen MR) is 128 cm³/mol. The van der Waals surface area contributed by atoms with E-state index in [9.17, 15) is 14.4 Å². The number of benzene rings is 2. The molecule has 2 aromatic heterocycles. The monoisotopic (exact) mass is 471 g/mol. The summed E-state index contributed by atoms with van der Waals surface area (Å²) in [4.78, 5) is 40.7. The number of furan rings is 2. The summed E-state index contributed by atoms with van der Waals surface area (Å²) < 4.78 is 10.4. The normalized spacial score (nSPS) is 11.4. The van der Waals surface area contributed by atoms with Crippen LogP contribution in [-0.4, -0.2) is 29.2 Å². The van der Waals surface area contributed by atoms with Gasteiger partial charge in [0.1, 0.15) is 11.8 Å². The van der Waals surface area contributed by atoms with Gasteiger partial charge in [-0.05, 0) is 35.4 Å². The lowest BCUT2D eigenvalue weighted by Crippen LogP contribution is -2.46.